The third-order valence-electron chi connectivity index (χ3n) is 3.75. The van der Waals surface area contributed by atoms with Crippen molar-refractivity contribution >= 4 is 16.7 Å². The molecule has 0 amide bonds. The first-order valence-corrected chi connectivity index (χ1v) is 7.04. The van der Waals surface area contributed by atoms with Crippen LogP contribution in [0.2, 0.25) is 0 Å². The topological polar surface area (TPSA) is 37.3 Å². The molecule has 0 fully saturated rings. The average Bonchev–Trinajstić information content (AvgIpc) is 2.53. The molecule has 0 aliphatic heterocycles. The standard InChI is InChI=1S/C19H16O2/c1-2-13-6-5-8-14(10-13)18-12-16(19(20)21)11-15-7-3-4-9-17(15)18/h3-12H,2H2,1H3,(H,20,21). The van der Waals surface area contributed by atoms with E-state index in [9.17, 15) is 9.90 Å². The van der Waals surface area contributed by atoms with Crippen LogP contribution in [0.3, 0.4) is 0 Å². The fourth-order valence-electron chi connectivity index (χ4n) is 2.63. The van der Waals surface area contributed by atoms with Crippen LogP contribution < -0.4 is 0 Å². The highest BCUT2D eigenvalue weighted by Gasteiger charge is 2.10. The highest BCUT2D eigenvalue weighted by Crippen LogP contribution is 2.30. The second-order valence-corrected chi connectivity index (χ2v) is 5.10. The lowest BCUT2D eigenvalue weighted by Gasteiger charge is -2.10. The van der Waals surface area contributed by atoms with Gasteiger partial charge in [-0.25, -0.2) is 4.79 Å². The first kappa shape index (κ1) is 13.4. The van der Waals surface area contributed by atoms with E-state index in [0.29, 0.717) is 5.56 Å². The largest absolute Gasteiger partial charge is 0.478 e. The minimum atomic E-state index is -0.895. The fourth-order valence-corrected chi connectivity index (χ4v) is 2.63. The van der Waals surface area contributed by atoms with Crippen molar-refractivity contribution in [3.63, 3.8) is 0 Å². The summed E-state index contributed by atoms with van der Waals surface area (Å²) in [4.78, 5) is 11.4. The minimum Gasteiger partial charge on any atom is -0.478 e. The highest BCUT2D eigenvalue weighted by molar-refractivity contribution is 6.02. The summed E-state index contributed by atoms with van der Waals surface area (Å²) in [5.41, 5.74) is 3.61. The van der Waals surface area contributed by atoms with Crippen molar-refractivity contribution < 1.29 is 9.90 Å². The predicted molar refractivity (Wildman–Crippen MR) is 85.7 cm³/mol. The molecule has 0 bridgehead atoms. The molecule has 2 heteroatoms. The monoisotopic (exact) mass is 276 g/mol. The molecule has 0 heterocycles. The van der Waals surface area contributed by atoms with Gasteiger partial charge in [0, 0.05) is 0 Å². The number of carboxylic acids is 1. The third-order valence-corrected chi connectivity index (χ3v) is 3.75. The molecule has 0 radical (unpaired) electrons. The van der Waals surface area contributed by atoms with E-state index in [1.807, 2.05) is 36.4 Å². The van der Waals surface area contributed by atoms with Gasteiger partial charge in [0.15, 0.2) is 0 Å². The molecule has 2 nitrogen and oxygen atoms in total. The molecule has 0 spiro atoms. The Balaban J connectivity index is 2.31. The van der Waals surface area contributed by atoms with E-state index in [-0.39, 0.29) is 0 Å². The number of fused-ring (bicyclic) bond motifs is 1. The Bertz CT molecular complexity index is 819. The maximum absolute atomic E-state index is 11.4. The predicted octanol–water partition coefficient (Wildman–Crippen LogP) is 4.77. The summed E-state index contributed by atoms with van der Waals surface area (Å²) < 4.78 is 0. The van der Waals surface area contributed by atoms with Crippen LogP contribution in [0.5, 0.6) is 0 Å². The summed E-state index contributed by atoms with van der Waals surface area (Å²) >= 11 is 0. The molecule has 0 saturated heterocycles. The molecule has 0 saturated carbocycles. The fraction of sp³-hybridized carbons (Fsp3) is 0.105. The summed E-state index contributed by atoms with van der Waals surface area (Å²) in [6.07, 6.45) is 0.963. The van der Waals surface area contributed by atoms with Crippen LogP contribution in [-0.4, -0.2) is 11.1 Å². The second kappa shape index (κ2) is 5.41. The van der Waals surface area contributed by atoms with Gasteiger partial charge in [-0.05, 0) is 46.0 Å². The molecule has 1 N–H and O–H groups in total. The first-order chi connectivity index (χ1) is 10.2. The highest BCUT2D eigenvalue weighted by atomic mass is 16.4. The molecular formula is C19H16O2. The third kappa shape index (κ3) is 2.52. The van der Waals surface area contributed by atoms with Crippen molar-refractivity contribution in [1.82, 2.24) is 0 Å². The number of carbonyl (C=O) groups is 1. The van der Waals surface area contributed by atoms with Crippen molar-refractivity contribution in [1.29, 1.82) is 0 Å². The molecule has 0 aromatic heterocycles. The number of rotatable bonds is 3. The number of hydrogen-bond acceptors (Lipinski definition) is 1. The molecular weight excluding hydrogens is 260 g/mol. The number of carboxylic acid groups (broad SMARTS) is 1. The van der Waals surface area contributed by atoms with Crippen LogP contribution in [0.15, 0.2) is 60.7 Å². The van der Waals surface area contributed by atoms with E-state index in [0.717, 1.165) is 28.3 Å². The Kier molecular flexibility index (Phi) is 3.44. The van der Waals surface area contributed by atoms with E-state index in [2.05, 4.69) is 19.1 Å². The quantitative estimate of drug-likeness (QED) is 0.748. The first-order valence-electron chi connectivity index (χ1n) is 7.04. The van der Waals surface area contributed by atoms with Crippen LogP contribution in [0.4, 0.5) is 0 Å². The van der Waals surface area contributed by atoms with Crippen LogP contribution in [0.25, 0.3) is 21.9 Å². The Morgan fingerprint density at radius 3 is 2.57 bits per heavy atom. The Morgan fingerprint density at radius 1 is 1.00 bits per heavy atom. The summed E-state index contributed by atoms with van der Waals surface area (Å²) in [6.45, 7) is 2.12. The molecule has 3 aromatic carbocycles. The lowest BCUT2D eigenvalue weighted by molar-refractivity contribution is 0.0697. The molecule has 104 valence electrons. The van der Waals surface area contributed by atoms with E-state index in [1.165, 1.54) is 5.56 Å². The van der Waals surface area contributed by atoms with E-state index in [4.69, 9.17) is 0 Å². The number of hydrogen-bond donors (Lipinski definition) is 1. The maximum Gasteiger partial charge on any atom is 0.335 e. The number of benzene rings is 3. The van der Waals surface area contributed by atoms with Gasteiger partial charge in [0.2, 0.25) is 0 Å². The minimum absolute atomic E-state index is 0.325. The smallest absolute Gasteiger partial charge is 0.335 e. The van der Waals surface area contributed by atoms with Crippen LogP contribution in [-0.2, 0) is 6.42 Å². The van der Waals surface area contributed by atoms with E-state index in [1.54, 1.807) is 12.1 Å². The van der Waals surface area contributed by atoms with Gasteiger partial charge in [0.25, 0.3) is 0 Å². The van der Waals surface area contributed by atoms with Crippen LogP contribution in [0, 0.1) is 0 Å². The Hall–Kier alpha value is -2.61. The van der Waals surface area contributed by atoms with Crippen LogP contribution >= 0.6 is 0 Å². The number of aryl methyl sites for hydroxylation is 1. The summed E-state index contributed by atoms with van der Waals surface area (Å²) in [7, 11) is 0. The average molecular weight is 276 g/mol. The van der Waals surface area contributed by atoms with Gasteiger partial charge in [-0.1, -0.05) is 55.5 Å². The molecule has 0 atom stereocenters. The maximum atomic E-state index is 11.4. The van der Waals surface area contributed by atoms with Crippen molar-refractivity contribution in [2.75, 3.05) is 0 Å². The summed E-state index contributed by atoms with van der Waals surface area (Å²) in [6, 6.07) is 19.7. The van der Waals surface area contributed by atoms with Gasteiger partial charge in [-0.15, -0.1) is 0 Å². The van der Waals surface area contributed by atoms with Gasteiger partial charge >= 0.3 is 5.97 Å². The SMILES string of the molecule is CCc1cccc(-c2cc(C(=O)O)cc3ccccc23)c1. The zero-order valence-electron chi connectivity index (χ0n) is 11.8. The molecule has 0 unspecified atom stereocenters. The van der Waals surface area contributed by atoms with Crippen LogP contribution in [0.1, 0.15) is 22.8 Å². The van der Waals surface area contributed by atoms with Gasteiger partial charge in [-0.3, -0.25) is 0 Å². The molecule has 3 rings (SSSR count). The van der Waals surface area contributed by atoms with E-state index < -0.39 is 5.97 Å². The van der Waals surface area contributed by atoms with Gasteiger partial charge in [0.05, 0.1) is 5.56 Å². The zero-order valence-corrected chi connectivity index (χ0v) is 11.8. The number of aromatic carboxylic acids is 1. The Morgan fingerprint density at radius 2 is 1.81 bits per heavy atom. The summed E-state index contributed by atoms with van der Waals surface area (Å²) in [5.74, 6) is -0.895. The molecule has 0 aliphatic rings. The second-order valence-electron chi connectivity index (χ2n) is 5.10. The molecule has 21 heavy (non-hydrogen) atoms. The summed E-state index contributed by atoms with van der Waals surface area (Å²) in [5, 5.41) is 11.3. The van der Waals surface area contributed by atoms with E-state index >= 15 is 0 Å². The Labute approximate surface area is 123 Å². The van der Waals surface area contributed by atoms with Gasteiger partial charge in [0.1, 0.15) is 0 Å². The van der Waals surface area contributed by atoms with Gasteiger partial charge < -0.3 is 5.11 Å². The van der Waals surface area contributed by atoms with Crippen molar-refractivity contribution in [2.45, 2.75) is 13.3 Å². The van der Waals surface area contributed by atoms with Crippen molar-refractivity contribution in [3.05, 3.63) is 71.8 Å². The normalized spacial score (nSPS) is 10.7. The lowest BCUT2D eigenvalue weighted by atomic mass is 9.94. The van der Waals surface area contributed by atoms with Crippen molar-refractivity contribution in [2.24, 2.45) is 0 Å². The lowest BCUT2D eigenvalue weighted by Crippen LogP contribution is -1.97. The van der Waals surface area contributed by atoms with Crippen molar-refractivity contribution in [3.8, 4) is 11.1 Å². The molecule has 3 aromatic rings. The zero-order chi connectivity index (χ0) is 14.8. The van der Waals surface area contributed by atoms with Gasteiger partial charge in [-0.2, -0.15) is 0 Å². The molecule has 0 aliphatic carbocycles.